The van der Waals surface area contributed by atoms with E-state index in [9.17, 15) is 0 Å². The molecule has 4 rings (SSSR count). The van der Waals surface area contributed by atoms with Crippen LogP contribution in [0.2, 0.25) is 0 Å². The molecule has 1 aliphatic heterocycles. The van der Waals surface area contributed by atoms with E-state index in [1.165, 1.54) is 25.3 Å². The van der Waals surface area contributed by atoms with Gasteiger partial charge in [-0.1, -0.05) is 0 Å². The average Bonchev–Trinajstić information content (AvgIpc) is 3.32. The Kier molecular flexibility index (Phi) is 4.15. The lowest BCUT2D eigenvalue weighted by molar-refractivity contribution is 0.938. The number of rotatable bonds is 4. The third-order valence-corrected chi connectivity index (χ3v) is 5.39. The van der Waals surface area contributed by atoms with Crippen LogP contribution in [0.1, 0.15) is 18.5 Å². The first-order valence-corrected chi connectivity index (χ1v) is 9.01. The first-order valence-electron chi connectivity index (χ1n) is 8.19. The molecule has 4 heterocycles. The Morgan fingerprint density at radius 3 is 2.72 bits per heavy atom. The molecule has 0 saturated carbocycles. The Morgan fingerprint density at radius 1 is 1.20 bits per heavy atom. The van der Waals surface area contributed by atoms with Crippen LogP contribution < -0.4 is 10.6 Å². The maximum atomic E-state index is 7.39. The first kappa shape index (κ1) is 15.7. The summed E-state index contributed by atoms with van der Waals surface area (Å²) in [7, 11) is 0. The number of fused-ring (bicyclic) bond motifs is 1. The van der Waals surface area contributed by atoms with E-state index in [0.717, 1.165) is 39.7 Å². The highest BCUT2D eigenvalue weighted by Crippen LogP contribution is 2.31. The summed E-state index contributed by atoms with van der Waals surface area (Å²) in [5.41, 5.74) is 8.64. The fourth-order valence-electron chi connectivity index (χ4n) is 2.97. The van der Waals surface area contributed by atoms with Gasteiger partial charge in [-0.15, -0.1) is 11.3 Å². The number of aromatic nitrogens is 3. The minimum absolute atomic E-state index is 0.577. The van der Waals surface area contributed by atoms with Crippen molar-refractivity contribution in [1.29, 1.82) is 5.41 Å². The van der Waals surface area contributed by atoms with Gasteiger partial charge in [0.15, 0.2) is 0 Å². The number of nitrogens with one attached hydrogen (secondary N) is 1. The minimum Gasteiger partial charge on any atom is -0.404 e. The number of allylic oxidation sites excluding steroid dienone is 1. The summed E-state index contributed by atoms with van der Waals surface area (Å²) >= 11 is 1.59. The van der Waals surface area contributed by atoms with E-state index in [-0.39, 0.29) is 0 Å². The van der Waals surface area contributed by atoms with Crippen LogP contribution >= 0.6 is 11.3 Å². The van der Waals surface area contributed by atoms with Crippen molar-refractivity contribution in [1.82, 2.24) is 15.0 Å². The van der Waals surface area contributed by atoms with E-state index in [2.05, 4.69) is 27.0 Å². The zero-order valence-corrected chi connectivity index (χ0v) is 14.5. The van der Waals surface area contributed by atoms with Crippen molar-refractivity contribution in [3.63, 3.8) is 0 Å². The highest BCUT2D eigenvalue weighted by Gasteiger charge is 2.14. The van der Waals surface area contributed by atoms with Crippen molar-refractivity contribution in [2.75, 3.05) is 18.0 Å². The smallest absolute Gasteiger partial charge is 0.128 e. The molecule has 6 nitrogen and oxygen atoms in total. The van der Waals surface area contributed by atoms with Gasteiger partial charge in [-0.05, 0) is 31.0 Å². The van der Waals surface area contributed by atoms with Gasteiger partial charge in [-0.25, -0.2) is 9.97 Å². The molecule has 0 aliphatic carbocycles. The lowest BCUT2D eigenvalue weighted by Crippen LogP contribution is -2.18. The van der Waals surface area contributed by atoms with Crippen molar-refractivity contribution in [2.45, 2.75) is 12.8 Å². The summed E-state index contributed by atoms with van der Waals surface area (Å²) in [6.45, 7) is 2.18. The van der Waals surface area contributed by atoms with Gasteiger partial charge in [0.05, 0.1) is 15.9 Å². The van der Waals surface area contributed by atoms with E-state index in [0.29, 0.717) is 11.3 Å². The maximum absolute atomic E-state index is 7.39. The summed E-state index contributed by atoms with van der Waals surface area (Å²) < 4.78 is 1.00. The van der Waals surface area contributed by atoms with Crippen molar-refractivity contribution >= 4 is 39.2 Å². The molecule has 0 amide bonds. The van der Waals surface area contributed by atoms with Crippen LogP contribution in [0.4, 0.5) is 5.82 Å². The molecular formula is C18H18N6S. The van der Waals surface area contributed by atoms with Gasteiger partial charge < -0.3 is 16.0 Å². The number of pyridine rings is 2. The lowest BCUT2D eigenvalue weighted by atomic mass is 10.2. The topological polar surface area (TPSA) is 91.8 Å². The van der Waals surface area contributed by atoms with Crippen molar-refractivity contribution in [3.8, 4) is 10.6 Å². The van der Waals surface area contributed by atoms with Crippen molar-refractivity contribution in [2.24, 2.45) is 5.73 Å². The molecule has 25 heavy (non-hydrogen) atoms. The quantitative estimate of drug-likeness (QED) is 0.704. The second-order valence-corrected chi connectivity index (χ2v) is 6.95. The molecule has 0 spiro atoms. The molecule has 0 aromatic carbocycles. The standard InChI is InChI=1S/C18H18N6S/c19-8-13(9-20)14-7-15-16(11-21-14)25-18(23-15)12-3-4-17(22-10-12)24-5-1-2-6-24/h3-4,7-11,19H,1-2,5-6,20H2. The molecular weight excluding hydrogens is 332 g/mol. The fraction of sp³-hybridized carbons (Fsp3) is 0.222. The molecule has 0 unspecified atom stereocenters. The maximum Gasteiger partial charge on any atom is 0.128 e. The summed E-state index contributed by atoms with van der Waals surface area (Å²) in [6.07, 6.45) is 8.74. The second-order valence-electron chi connectivity index (χ2n) is 5.92. The van der Waals surface area contributed by atoms with Gasteiger partial charge in [-0.2, -0.15) is 0 Å². The Bertz CT molecular complexity index is 938. The van der Waals surface area contributed by atoms with Gasteiger partial charge in [0.2, 0.25) is 0 Å². The molecule has 3 aromatic heterocycles. The Labute approximate surface area is 149 Å². The lowest BCUT2D eigenvalue weighted by Gasteiger charge is -2.15. The van der Waals surface area contributed by atoms with Crippen LogP contribution in [0, 0.1) is 5.41 Å². The molecule has 1 fully saturated rings. The highest BCUT2D eigenvalue weighted by atomic mass is 32.1. The van der Waals surface area contributed by atoms with Crippen LogP contribution in [0.5, 0.6) is 0 Å². The third kappa shape index (κ3) is 2.98. The van der Waals surface area contributed by atoms with Gasteiger partial charge in [0.1, 0.15) is 10.8 Å². The predicted octanol–water partition coefficient (Wildman–Crippen LogP) is 3.30. The summed E-state index contributed by atoms with van der Waals surface area (Å²) in [4.78, 5) is 16.0. The van der Waals surface area contributed by atoms with Crippen LogP contribution in [0.15, 0.2) is 36.8 Å². The summed E-state index contributed by atoms with van der Waals surface area (Å²) in [5, 5.41) is 8.31. The molecule has 1 saturated heterocycles. The molecule has 0 bridgehead atoms. The molecule has 1 aliphatic rings. The number of hydrogen-bond donors (Lipinski definition) is 2. The number of nitrogens with two attached hydrogens (primary N) is 1. The van der Waals surface area contributed by atoms with E-state index in [1.807, 2.05) is 12.3 Å². The largest absolute Gasteiger partial charge is 0.404 e. The Morgan fingerprint density at radius 2 is 2.04 bits per heavy atom. The molecule has 3 N–H and O–H groups in total. The van der Waals surface area contributed by atoms with E-state index in [4.69, 9.17) is 16.1 Å². The van der Waals surface area contributed by atoms with Crippen LogP contribution in [0.3, 0.4) is 0 Å². The molecule has 0 atom stereocenters. The zero-order chi connectivity index (χ0) is 17.2. The molecule has 3 aromatic rings. The summed E-state index contributed by atoms with van der Waals surface area (Å²) in [6, 6.07) is 6.02. The Balaban J connectivity index is 1.66. The van der Waals surface area contributed by atoms with Crippen LogP contribution in [-0.2, 0) is 0 Å². The van der Waals surface area contributed by atoms with Gasteiger partial charge in [0, 0.05) is 49.0 Å². The van der Waals surface area contributed by atoms with Crippen molar-refractivity contribution in [3.05, 3.63) is 42.5 Å². The normalized spacial score (nSPS) is 15.0. The van der Waals surface area contributed by atoms with Crippen molar-refractivity contribution < 1.29 is 0 Å². The highest BCUT2D eigenvalue weighted by molar-refractivity contribution is 7.21. The number of anilines is 1. The number of hydrogen-bond acceptors (Lipinski definition) is 7. The van der Waals surface area contributed by atoms with Crippen LogP contribution in [0.25, 0.3) is 26.4 Å². The monoisotopic (exact) mass is 350 g/mol. The first-order chi connectivity index (χ1) is 12.3. The van der Waals surface area contributed by atoms with E-state index in [1.54, 1.807) is 17.5 Å². The fourth-order valence-corrected chi connectivity index (χ4v) is 3.87. The average molecular weight is 350 g/mol. The predicted molar refractivity (Wildman–Crippen MR) is 103 cm³/mol. The molecule has 0 radical (unpaired) electrons. The van der Waals surface area contributed by atoms with Gasteiger partial charge >= 0.3 is 0 Å². The van der Waals surface area contributed by atoms with E-state index >= 15 is 0 Å². The van der Waals surface area contributed by atoms with Crippen LogP contribution in [-0.4, -0.2) is 34.3 Å². The van der Waals surface area contributed by atoms with E-state index < -0.39 is 0 Å². The third-order valence-electron chi connectivity index (χ3n) is 4.33. The zero-order valence-electron chi connectivity index (χ0n) is 13.6. The molecule has 7 heteroatoms. The minimum atomic E-state index is 0.577. The molecule has 126 valence electrons. The number of thiazole rings is 1. The SMILES string of the molecule is N=CC(=CN)c1cc2nc(-c3ccc(N4CCCC4)nc3)sc2cn1. The second kappa shape index (κ2) is 6.60. The summed E-state index contributed by atoms with van der Waals surface area (Å²) in [5.74, 6) is 1.04. The van der Waals surface area contributed by atoms with Gasteiger partial charge in [0.25, 0.3) is 0 Å². The van der Waals surface area contributed by atoms with Gasteiger partial charge in [-0.3, -0.25) is 4.98 Å². The Hall–Kier alpha value is -2.80. The number of nitrogens with zero attached hydrogens (tertiary/aromatic N) is 4.